The average Bonchev–Trinajstić information content (AvgIpc) is 2.71. The fourth-order valence-corrected chi connectivity index (χ4v) is 2.58. The third kappa shape index (κ3) is 2.23. The number of hydrogen-bond donors (Lipinski definition) is 2. The molecule has 2 atom stereocenters. The van der Waals surface area contributed by atoms with Gasteiger partial charge >= 0.3 is 0 Å². The maximum atomic E-state index is 12.0. The Balaban J connectivity index is 1.84. The minimum absolute atomic E-state index is 0.0671. The van der Waals surface area contributed by atoms with Crippen LogP contribution in [0.3, 0.4) is 0 Å². The van der Waals surface area contributed by atoms with Crippen molar-refractivity contribution in [2.24, 2.45) is 5.73 Å². The summed E-state index contributed by atoms with van der Waals surface area (Å²) in [6, 6.07) is 0. The van der Waals surface area contributed by atoms with Gasteiger partial charge in [-0.05, 0) is 38.5 Å². The standard InChI is InChI=1S/C12H22N2O2/c1-2-12(6-3-7-12)14-11(15)10-5-4-9(8-13)16-10/h9-10H,2-8,13H2,1H3,(H,14,15)/t9-,10+/m1/s1. The Bertz CT molecular complexity index is 258. The molecular formula is C12H22N2O2. The van der Waals surface area contributed by atoms with E-state index in [4.69, 9.17) is 10.5 Å². The lowest BCUT2D eigenvalue weighted by molar-refractivity contribution is -0.135. The fraction of sp³-hybridized carbons (Fsp3) is 0.917. The number of hydrogen-bond acceptors (Lipinski definition) is 3. The number of carbonyl (C=O) groups is 1. The maximum Gasteiger partial charge on any atom is 0.249 e. The smallest absolute Gasteiger partial charge is 0.249 e. The van der Waals surface area contributed by atoms with Gasteiger partial charge in [0.15, 0.2) is 0 Å². The summed E-state index contributed by atoms with van der Waals surface area (Å²) in [6.07, 6.45) is 6.01. The number of nitrogens with two attached hydrogens (primary N) is 1. The summed E-state index contributed by atoms with van der Waals surface area (Å²) in [7, 11) is 0. The van der Waals surface area contributed by atoms with Crippen LogP contribution in [0.2, 0.25) is 0 Å². The second-order valence-corrected chi connectivity index (χ2v) is 5.04. The number of nitrogens with one attached hydrogen (secondary N) is 1. The van der Waals surface area contributed by atoms with Crippen molar-refractivity contribution in [1.82, 2.24) is 5.32 Å². The molecule has 1 heterocycles. The second-order valence-electron chi connectivity index (χ2n) is 5.04. The van der Waals surface area contributed by atoms with Gasteiger partial charge in [0.25, 0.3) is 0 Å². The van der Waals surface area contributed by atoms with Gasteiger partial charge in [0.1, 0.15) is 6.10 Å². The van der Waals surface area contributed by atoms with Crippen molar-refractivity contribution in [2.45, 2.75) is 63.2 Å². The van der Waals surface area contributed by atoms with Gasteiger partial charge in [-0.25, -0.2) is 0 Å². The van der Waals surface area contributed by atoms with E-state index in [1.54, 1.807) is 0 Å². The molecule has 0 aromatic rings. The quantitative estimate of drug-likeness (QED) is 0.750. The van der Waals surface area contributed by atoms with Crippen molar-refractivity contribution < 1.29 is 9.53 Å². The molecule has 2 rings (SSSR count). The number of carbonyl (C=O) groups excluding carboxylic acids is 1. The summed E-state index contributed by atoms with van der Waals surface area (Å²) in [5.74, 6) is 0.0671. The van der Waals surface area contributed by atoms with Gasteiger partial charge in [-0.2, -0.15) is 0 Å². The number of amides is 1. The molecule has 0 aromatic carbocycles. The van der Waals surface area contributed by atoms with Crippen LogP contribution in [0.15, 0.2) is 0 Å². The zero-order valence-electron chi connectivity index (χ0n) is 10.00. The van der Waals surface area contributed by atoms with Crippen LogP contribution in [0.1, 0.15) is 45.4 Å². The normalized spacial score (nSPS) is 32.1. The van der Waals surface area contributed by atoms with Crippen LogP contribution in [0, 0.1) is 0 Å². The molecule has 0 bridgehead atoms. The Kier molecular flexibility index (Phi) is 3.50. The van der Waals surface area contributed by atoms with Gasteiger partial charge in [0, 0.05) is 12.1 Å². The molecule has 1 saturated carbocycles. The van der Waals surface area contributed by atoms with Crippen molar-refractivity contribution in [3.05, 3.63) is 0 Å². The lowest BCUT2D eigenvalue weighted by atomic mass is 9.74. The molecule has 0 spiro atoms. The van der Waals surface area contributed by atoms with E-state index in [1.165, 1.54) is 6.42 Å². The molecule has 1 aliphatic carbocycles. The predicted molar refractivity (Wildman–Crippen MR) is 62.0 cm³/mol. The van der Waals surface area contributed by atoms with Crippen LogP contribution in [-0.2, 0) is 9.53 Å². The van der Waals surface area contributed by atoms with Gasteiger partial charge in [-0.1, -0.05) is 6.92 Å². The first-order chi connectivity index (χ1) is 7.69. The highest BCUT2D eigenvalue weighted by Crippen LogP contribution is 2.35. The molecule has 3 N–H and O–H groups in total. The second kappa shape index (κ2) is 4.72. The van der Waals surface area contributed by atoms with E-state index in [-0.39, 0.29) is 23.7 Å². The number of ether oxygens (including phenoxy) is 1. The summed E-state index contributed by atoms with van der Waals surface area (Å²) in [6.45, 7) is 2.65. The molecule has 1 saturated heterocycles. The molecular weight excluding hydrogens is 204 g/mol. The average molecular weight is 226 g/mol. The molecule has 0 aromatic heterocycles. The molecule has 0 unspecified atom stereocenters. The molecule has 2 aliphatic rings. The first-order valence-corrected chi connectivity index (χ1v) is 6.36. The van der Waals surface area contributed by atoms with Gasteiger partial charge in [0.2, 0.25) is 5.91 Å². The van der Waals surface area contributed by atoms with Crippen molar-refractivity contribution >= 4 is 5.91 Å². The van der Waals surface area contributed by atoms with E-state index < -0.39 is 0 Å². The lowest BCUT2D eigenvalue weighted by Crippen LogP contribution is -2.55. The molecule has 1 amide bonds. The van der Waals surface area contributed by atoms with E-state index >= 15 is 0 Å². The highest BCUT2D eigenvalue weighted by molar-refractivity contribution is 5.81. The van der Waals surface area contributed by atoms with Crippen molar-refractivity contribution in [3.8, 4) is 0 Å². The molecule has 2 fully saturated rings. The van der Waals surface area contributed by atoms with Crippen LogP contribution in [0.4, 0.5) is 0 Å². The van der Waals surface area contributed by atoms with E-state index in [1.807, 2.05) is 0 Å². The van der Waals surface area contributed by atoms with Crippen LogP contribution < -0.4 is 11.1 Å². The van der Waals surface area contributed by atoms with Crippen LogP contribution in [-0.4, -0.2) is 30.2 Å². The first kappa shape index (κ1) is 11.9. The number of rotatable bonds is 4. The lowest BCUT2D eigenvalue weighted by Gasteiger charge is -2.42. The Labute approximate surface area is 96.9 Å². The molecule has 0 radical (unpaired) electrons. The highest BCUT2D eigenvalue weighted by Gasteiger charge is 2.39. The third-order valence-electron chi connectivity index (χ3n) is 4.04. The summed E-state index contributed by atoms with van der Waals surface area (Å²) in [4.78, 5) is 12.0. The van der Waals surface area contributed by atoms with E-state index in [9.17, 15) is 4.79 Å². The van der Waals surface area contributed by atoms with Crippen molar-refractivity contribution in [1.29, 1.82) is 0 Å². The zero-order valence-corrected chi connectivity index (χ0v) is 10.00. The van der Waals surface area contributed by atoms with Crippen molar-refractivity contribution in [2.75, 3.05) is 6.54 Å². The SMILES string of the molecule is CCC1(NC(=O)[C@@H]2CC[C@H](CN)O2)CCC1. The van der Waals surface area contributed by atoms with E-state index in [2.05, 4.69) is 12.2 Å². The predicted octanol–water partition coefficient (Wildman–Crippen LogP) is 0.942. The Morgan fingerprint density at radius 2 is 2.25 bits per heavy atom. The topological polar surface area (TPSA) is 64.4 Å². The molecule has 92 valence electrons. The summed E-state index contributed by atoms with van der Waals surface area (Å²) >= 11 is 0. The third-order valence-corrected chi connectivity index (χ3v) is 4.04. The molecule has 16 heavy (non-hydrogen) atoms. The Morgan fingerprint density at radius 3 is 2.69 bits per heavy atom. The summed E-state index contributed by atoms with van der Waals surface area (Å²) in [5, 5.41) is 3.16. The van der Waals surface area contributed by atoms with Crippen LogP contribution in [0.5, 0.6) is 0 Å². The minimum Gasteiger partial charge on any atom is -0.364 e. The van der Waals surface area contributed by atoms with Crippen molar-refractivity contribution in [3.63, 3.8) is 0 Å². The largest absolute Gasteiger partial charge is 0.364 e. The minimum atomic E-state index is -0.266. The fourth-order valence-electron chi connectivity index (χ4n) is 2.58. The Morgan fingerprint density at radius 1 is 1.50 bits per heavy atom. The van der Waals surface area contributed by atoms with Gasteiger partial charge in [-0.15, -0.1) is 0 Å². The van der Waals surface area contributed by atoms with E-state index in [0.717, 1.165) is 32.1 Å². The van der Waals surface area contributed by atoms with E-state index in [0.29, 0.717) is 6.54 Å². The maximum absolute atomic E-state index is 12.0. The summed E-state index contributed by atoms with van der Waals surface area (Å²) < 4.78 is 5.59. The van der Waals surface area contributed by atoms with Gasteiger partial charge < -0.3 is 15.8 Å². The molecule has 4 nitrogen and oxygen atoms in total. The molecule has 4 heteroatoms. The van der Waals surface area contributed by atoms with Crippen LogP contribution >= 0.6 is 0 Å². The van der Waals surface area contributed by atoms with Gasteiger partial charge in [-0.3, -0.25) is 4.79 Å². The van der Waals surface area contributed by atoms with Gasteiger partial charge in [0.05, 0.1) is 6.10 Å². The zero-order chi connectivity index (χ0) is 11.6. The highest BCUT2D eigenvalue weighted by atomic mass is 16.5. The molecule has 1 aliphatic heterocycles. The Hall–Kier alpha value is -0.610. The monoisotopic (exact) mass is 226 g/mol. The first-order valence-electron chi connectivity index (χ1n) is 6.36. The van der Waals surface area contributed by atoms with Crippen LogP contribution in [0.25, 0.3) is 0 Å². The summed E-state index contributed by atoms with van der Waals surface area (Å²) in [5.41, 5.74) is 5.60.